The summed E-state index contributed by atoms with van der Waals surface area (Å²) in [5.74, 6) is -0.222. The van der Waals surface area contributed by atoms with Gasteiger partial charge >= 0.3 is 6.09 Å². The van der Waals surface area contributed by atoms with E-state index in [1.165, 1.54) is 0 Å². The Bertz CT molecular complexity index is 724. The quantitative estimate of drug-likeness (QED) is 0.786. The molecule has 0 saturated heterocycles. The Kier molecular flexibility index (Phi) is 7.41. The summed E-state index contributed by atoms with van der Waals surface area (Å²) in [6, 6.07) is 18.8. The van der Waals surface area contributed by atoms with Gasteiger partial charge in [-0.2, -0.15) is 0 Å². The monoisotopic (exact) mass is 368 g/mol. The van der Waals surface area contributed by atoms with Gasteiger partial charge in [0.15, 0.2) is 0 Å². The van der Waals surface area contributed by atoms with E-state index in [4.69, 9.17) is 4.74 Å². The Labute approximate surface area is 161 Å². The van der Waals surface area contributed by atoms with Crippen LogP contribution in [0.2, 0.25) is 0 Å². The lowest BCUT2D eigenvalue weighted by atomic mass is 10.1. The van der Waals surface area contributed by atoms with Crippen molar-refractivity contribution >= 4 is 12.0 Å². The fourth-order valence-electron chi connectivity index (χ4n) is 2.61. The van der Waals surface area contributed by atoms with Gasteiger partial charge in [0.1, 0.15) is 11.6 Å². The highest BCUT2D eigenvalue weighted by Crippen LogP contribution is 2.09. The molecule has 2 aromatic rings. The molecule has 0 spiro atoms. The van der Waals surface area contributed by atoms with E-state index in [1.807, 2.05) is 60.7 Å². The number of benzene rings is 2. The van der Waals surface area contributed by atoms with Gasteiger partial charge in [0, 0.05) is 13.0 Å². The summed E-state index contributed by atoms with van der Waals surface area (Å²) in [6.07, 6.45) is 0.538. The second-order valence-corrected chi connectivity index (χ2v) is 7.42. The first kappa shape index (κ1) is 20.5. The molecule has 0 fully saturated rings. The number of nitrogens with one attached hydrogen (secondary N) is 2. The lowest BCUT2D eigenvalue weighted by Gasteiger charge is -2.23. The predicted octanol–water partition coefficient (Wildman–Crippen LogP) is 3.48. The minimum Gasteiger partial charge on any atom is -0.444 e. The van der Waals surface area contributed by atoms with Crippen molar-refractivity contribution in [1.29, 1.82) is 0 Å². The lowest BCUT2D eigenvalue weighted by Crippen LogP contribution is -2.49. The molecular formula is C22H28N2O3. The van der Waals surface area contributed by atoms with E-state index < -0.39 is 17.7 Å². The Morgan fingerprint density at radius 1 is 0.926 bits per heavy atom. The van der Waals surface area contributed by atoms with E-state index in [0.29, 0.717) is 13.0 Å². The van der Waals surface area contributed by atoms with Crippen molar-refractivity contribution in [3.8, 4) is 0 Å². The Hall–Kier alpha value is -2.82. The molecule has 2 N–H and O–H groups in total. The summed E-state index contributed by atoms with van der Waals surface area (Å²) in [4.78, 5) is 24.8. The molecule has 0 radical (unpaired) electrons. The van der Waals surface area contributed by atoms with E-state index in [0.717, 1.165) is 17.5 Å². The third kappa shape index (κ3) is 7.94. The van der Waals surface area contributed by atoms with Crippen molar-refractivity contribution in [2.75, 3.05) is 6.54 Å². The number of amides is 2. The van der Waals surface area contributed by atoms with Crippen LogP contribution in [0.15, 0.2) is 60.7 Å². The lowest BCUT2D eigenvalue weighted by molar-refractivity contribution is -0.123. The van der Waals surface area contributed by atoms with Gasteiger partial charge in [0.05, 0.1) is 0 Å². The van der Waals surface area contributed by atoms with Crippen LogP contribution < -0.4 is 10.6 Å². The first-order valence-corrected chi connectivity index (χ1v) is 9.18. The van der Waals surface area contributed by atoms with Crippen molar-refractivity contribution < 1.29 is 14.3 Å². The van der Waals surface area contributed by atoms with E-state index in [-0.39, 0.29) is 5.91 Å². The summed E-state index contributed by atoms with van der Waals surface area (Å²) >= 11 is 0. The summed E-state index contributed by atoms with van der Waals surface area (Å²) in [5.41, 5.74) is 1.50. The van der Waals surface area contributed by atoms with Crippen LogP contribution in [-0.4, -0.2) is 30.2 Å². The zero-order valence-electron chi connectivity index (χ0n) is 16.2. The van der Waals surface area contributed by atoms with Crippen LogP contribution in [0.25, 0.3) is 0 Å². The summed E-state index contributed by atoms with van der Waals surface area (Å²) in [5, 5.41) is 5.61. The van der Waals surface area contributed by atoms with Gasteiger partial charge in [-0.3, -0.25) is 4.79 Å². The van der Waals surface area contributed by atoms with Gasteiger partial charge in [-0.15, -0.1) is 0 Å². The van der Waals surface area contributed by atoms with Crippen LogP contribution in [0.5, 0.6) is 0 Å². The molecule has 0 aliphatic carbocycles. The van der Waals surface area contributed by atoms with Crippen LogP contribution >= 0.6 is 0 Å². The highest BCUT2D eigenvalue weighted by atomic mass is 16.6. The zero-order chi connectivity index (χ0) is 19.7. The zero-order valence-corrected chi connectivity index (χ0v) is 16.2. The molecule has 0 aliphatic heterocycles. The van der Waals surface area contributed by atoms with Crippen LogP contribution in [0.1, 0.15) is 31.9 Å². The average molecular weight is 368 g/mol. The summed E-state index contributed by atoms with van der Waals surface area (Å²) < 4.78 is 5.30. The van der Waals surface area contributed by atoms with E-state index in [2.05, 4.69) is 10.6 Å². The summed E-state index contributed by atoms with van der Waals surface area (Å²) in [6.45, 7) is 5.88. The maximum absolute atomic E-state index is 12.7. The SMILES string of the molecule is CC(C)(C)OC(=O)N[C@@H](Cc1ccccc1)C(=O)NCCc1ccccc1. The molecule has 1 atom stereocenters. The molecule has 0 heterocycles. The van der Waals surface area contributed by atoms with Crippen molar-refractivity contribution in [3.05, 3.63) is 71.8 Å². The second kappa shape index (κ2) is 9.76. The number of alkyl carbamates (subject to hydrolysis) is 1. The minimum absolute atomic E-state index is 0.222. The van der Waals surface area contributed by atoms with Crippen molar-refractivity contribution in [2.24, 2.45) is 0 Å². The largest absolute Gasteiger partial charge is 0.444 e. The number of carbonyl (C=O) groups excluding carboxylic acids is 2. The number of ether oxygens (including phenoxy) is 1. The van der Waals surface area contributed by atoms with Gasteiger partial charge in [0.2, 0.25) is 5.91 Å². The maximum atomic E-state index is 12.7. The van der Waals surface area contributed by atoms with Crippen LogP contribution in [0, 0.1) is 0 Å². The van der Waals surface area contributed by atoms with Crippen LogP contribution in [0.3, 0.4) is 0 Å². The molecule has 0 bridgehead atoms. The average Bonchev–Trinajstić information content (AvgIpc) is 2.61. The number of hydrogen-bond donors (Lipinski definition) is 2. The van der Waals surface area contributed by atoms with Crippen molar-refractivity contribution in [3.63, 3.8) is 0 Å². The molecule has 5 heteroatoms. The topological polar surface area (TPSA) is 67.4 Å². The molecule has 2 rings (SSSR count). The highest BCUT2D eigenvalue weighted by molar-refractivity contribution is 5.86. The number of carbonyl (C=O) groups is 2. The van der Waals surface area contributed by atoms with E-state index in [1.54, 1.807) is 20.8 Å². The fraction of sp³-hybridized carbons (Fsp3) is 0.364. The normalized spacial score (nSPS) is 12.1. The molecule has 0 unspecified atom stereocenters. The Morgan fingerprint density at radius 3 is 2.04 bits per heavy atom. The first-order chi connectivity index (χ1) is 12.8. The standard InChI is InChI=1S/C22H28N2O3/c1-22(2,3)27-21(26)24-19(16-18-12-8-5-9-13-18)20(25)23-15-14-17-10-6-4-7-11-17/h4-13,19H,14-16H2,1-3H3,(H,23,25)(H,24,26)/t19-/m0/s1. The first-order valence-electron chi connectivity index (χ1n) is 9.18. The predicted molar refractivity (Wildman–Crippen MR) is 106 cm³/mol. The van der Waals surface area contributed by atoms with Crippen LogP contribution in [-0.2, 0) is 22.4 Å². The maximum Gasteiger partial charge on any atom is 0.408 e. The Balaban J connectivity index is 1.96. The van der Waals surface area contributed by atoms with Gasteiger partial charge in [-0.1, -0.05) is 60.7 Å². The second-order valence-electron chi connectivity index (χ2n) is 7.42. The molecule has 0 aromatic heterocycles. The molecule has 2 aromatic carbocycles. The smallest absolute Gasteiger partial charge is 0.408 e. The molecule has 27 heavy (non-hydrogen) atoms. The molecule has 2 amide bonds. The van der Waals surface area contributed by atoms with Crippen molar-refractivity contribution in [2.45, 2.75) is 45.3 Å². The molecule has 144 valence electrons. The molecule has 5 nitrogen and oxygen atoms in total. The fourth-order valence-corrected chi connectivity index (χ4v) is 2.61. The highest BCUT2D eigenvalue weighted by Gasteiger charge is 2.24. The third-order valence-electron chi connectivity index (χ3n) is 3.85. The molecule has 0 saturated carbocycles. The van der Waals surface area contributed by atoms with Gasteiger partial charge in [-0.05, 0) is 38.3 Å². The minimum atomic E-state index is -0.696. The Morgan fingerprint density at radius 2 is 1.48 bits per heavy atom. The number of hydrogen-bond acceptors (Lipinski definition) is 3. The third-order valence-corrected chi connectivity index (χ3v) is 3.85. The summed E-state index contributed by atoms with van der Waals surface area (Å²) in [7, 11) is 0. The van der Waals surface area contributed by atoms with Crippen molar-refractivity contribution in [1.82, 2.24) is 10.6 Å². The van der Waals surface area contributed by atoms with Gasteiger partial charge in [0.25, 0.3) is 0 Å². The molecule has 0 aliphatic rings. The molecular weight excluding hydrogens is 340 g/mol. The van der Waals surface area contributed by atoms with Gasteiger partial charge < -0.3 is 15.4 Å². The van der Waals surface area contributed by atoms with E-state index >= 15 is 0 Å². The van der Waals surface area contributed by atoms with E-state index in [9.17, 15) is 9.59 Å². The van der Waals surface area contributed by atoms with Crippen LogP contribution in [0.4, 0.5) is 4.79 Å². The van der Waals surface area contributed by atoms with Gasteiger partial charge in [-0.25, -0.2) is 4.79 Å². The number of rotatable bonds is 7.